The van der Waals surface area contributed by atoms with Crippen LogP contribution in [0.3, 0.4) is 0 Å². The SMILES string of the molecule is CNC(=O)c1cc(C)cc2c1C(C)(C)CO2. The van der Waals surface area contributed by atoms with E-state index in [1.807, 2.05) is 19.1 Å². The van der Waals surface area contributed by atoms with Gasteiger partial charge in [0.25, 0.3) is 5.91 Å². The predicted octanol–water partition coefficient (Wildman–Crippen LogP) is 2.02. The van der Waals surface area contributed by atoms with Crippen LogP contribution in [0.2, 0.25) is 0 Å². The van der Waals surface area contributed by atoms with Gasteiger partial charge in [-0.1, -0.05) is 13.8 Å². The van der Waals surface area contributed by atoms with E-state index in [-0.39, 0.29) is 11.3 Å². The van der Waals surface area contributed by atoms with Crippen molar-refractivity contribution in [1.29, 1.82) is 0 Å². The Morgan fingerprint density at radius 2 is 2.12 bits per heavy atom. The first kappa shape index (κ1) is 11.0. The zero-order valence-electron chi connectivity index (χ0n) is 10.2. The van der Waals surface area contributed by atoms with E-state index in [1.165, 1.54) is 0 Å². The van der Waals surface area contributed by atoms with Crippen LogP contribution in [0, 0.1) is 6.92 Å². The number of fused-ring (bicyclic) bond motifs is 1. The fraction of sp³-hybridized carbons (Fsp3) is 0.462. The van der Waals surface area contributed by atoms with Crippen molar-refractivity contribution in [1.82, 2.24) is 5.32 Å². The molecule has 16 heavy (non-hydrogen) atoms. The molecule has 86 valence electrons. The second-order valence-electron chi connectivity index (χ2n) is 4.94. The lowest BCUT2D eigenvalue weighted by atomic mass is 9.83. The maximum atomic E-state index is 11.8. The summed E-state index contributed by atoms with van der Waals surface area (Å²) in [5.74, 6) is 0.808. The highest BCUT2D eigenvalue weighted by atomic mass is 16.5. The normalized spacial score (nSPS) is 16.5. The summed E-state index contributed by atoms with van der Waals surface area (Å²) in [6, 6.07) is 3.92. The molecule has 0 saturated heterocycles. The Morgan fingerprint density at radius 1 is 1.44 bits per heavy atom. The molecule has 0 bridgehead atoms. The zero-order valence-corrected chi connectivity index (χ0v) is 10.2. The third-order valence-corrected chi connectivity index (χ3v) is 2.98. The van der Waals surface area contributed by atoms with E-state index in [0.717, 1.165) is 22.4 Å². The molecule has 0 saturated carbocycles. The molecule has 0 fully saturated rings. The molecule has 0 radical (unpaired) electrons. The molecule has 1 aliphatic rings. The number of aryl methyl sites for hydroxylation is 1. The molecule has 0 spiro atoms. The first-order chi connectivity index (χ1) is 7.45. The third-order valence-electron chi connectivity index (χ3n) is 2.98. The number of nitrogens with one attached hydrogen (secondary N) is 1. The molecule has 1 heterocycles. The van der Waals surface area contributed by atoms with Gasteiger partial charge >= 0.3 is 0 Å². The number of benzene rings is 1. The van der Waals surface area contributed by atoms with Crippen LogP contribution < -0.4 is 10.1 Å². The fourth-order valence-corrected chi connectivity index (χ4v) is 2.21. The molecule has 0 atom stereocenters. The van der Waals surface area contributed by atoms with Gasteiger partial charge < -0.3 is 10.1 Å². The number of amides is 1. The Bertz CT molecular complexity index is 449. The zero-order chi connectivity index (χ0) is 11.9. The average Bonchev–Trinajstić information content (AvgIpc) is 2.52. The largest absolute Gasteiger partial charge is 0.492 e. The standard InChI is InChI=1S/C13H17NO2/c1-8-5-9(12(15)14-4)11-10(6-8)16-7-13(11,2)3/h5-6H,7H2,1-4H3,(H,14,15). The van der Waals surface area contributed by atoms with Crippen LogP contribution in [0.25, 0.3) is 0 Å². The monoisotopic (exact) mass is 219 g/mol. The van der Waals surface area contributed by atoms with Gasteiger partial charge in [0.1, 0.15) is 5.75 Å². The van der Waals surface area contributed by atoms with E-state index in [2.05, 4.69) is 19.2 Å². The second kappa shape index (κ2) is 3.51. The molecule has 1 N–H and O–H groups in total. The van der Waals surface area contributed by atoms with Crippen LogP contribution in [0.1, 0.15) is 35.3 Å². The van der Waals surface area contributed by atoms with Gasteiger partial charge in [-0.05, 0) is 24.6 Å². The number of ether oxygens (including phenoxy) is 1. The van der Waals surface area contributed by atoms with Crippen molar-refractivity contribution in [2.75, 3.05) is 13.7 Å². The summed E-state index contributed by atoms with van der Waals surface area (Å²) >= 11 is 0. The number of hydrogen-bond acceptors (Lipinski definition) is 2. The van der Waals surface area contributed by atoms with Gasteiger partial charge in [0.2, 0.25) is 0 Å². The number of carbonyl (C=O) groups excluding carboxylic acids is 1. The van der Waals surface area contributed by atoms with Gasteiger partial charge in [-0.15, -0.1) is 0 Å². The predicted molar refractivity (Wildman–Crippen MR) is 63.1 cm³/mol. The summed E-state index contributed by atoms with van der Waals surface area (Å²) in [4.78, 5) is 11.8. The third kappa shape index (κ3) is 1.56. The van der Waals surface area contributed by atoms with Gasteiger partial charge in [-0.3, -0.25) is 4.79 Å². The molecule has 1 aliphatic heterocycles. The van der Waals surface area contributed by atoms with Crippen LogP contribution in [0.5, 0.6) is 5.75 Å². The summed E-state index contributed by atoms with van der Waals surface area (Å²) in [5, 5.41) is 2.68. The van der Waals surface area contributed by atoms with Crippen molar-refractivity contribution >= 4 is 5.91 Å². The quantitative estimate of drug-likeness (QED) is 0.784. The molecule has 1 amide bonds. The number of hydrogen-bond donors (Lipinski definition) is 1. The highest BCUT2D eigenvalue weighted by Crippen LogP contribution is 2.41. The topological polar surface area (TPSA) is 38.3 Å². The molecule has 0 aromatic heterocycles. The van der Waals surface area contributed by atoms with Crippen LogP contribution in [0.15, 0.2) is 12.1 Å². The summed E-state index contributed by atoms with van der Waals surface area (Å²) in [6.45, 7) is 6.80. The first-order valence-electron chi connectivity index (χ1n) is 5.46. The highest BCUT2D eigenvalue weighted by molar-refractivity contribution is 5.97. The maximum Gasteiger partial charge on any atom is 0.251 e. The van der Waals surface area contributed by atoms with Crippen molar-refractivity contribution in [3.05, 3.63) is 28.8 Å². The minimum Gasteiger partial charge on any atom is -0.492 e. The molecule has 2 rings (SSSR count). The summed E-state index contributed by atoms with van der Waals surface area (Å²) in [7, 11) is 1.65. The van der Waals surface area contributed by atoms with Crippen LogP contribution in [-0.4, -0.2) is 19.6 Å². The van der Waals surface area contributed by atoms with E-state index in [1.54, 1.807) is 7.05 Å². The van der Waals surface area contributed by atoms with Crippen molar-refractivity contribution in [2.45, 2.75) is 26.2 Å². The van der Waals surface area contributed by atoms with E-state index >= 15 is 0 Å². The van der Waals surface area contributed by atoms with Gasteiger partial charge in [-0.25, -0.2) is 0 Å². The molecule has 3 heteroatoms. The van der Waals surface area contributed by atoms with E-state index in [0.29, 0.717) is 6.61 Å². The second-order valence-corrected chi connectivity index (χ2v) is 4.94. The van der Waals surface area contributed by atoms with Crippen LogP contribution in [0.4, 0.5) is 0 Å². The Labute approximate surface area is 95.8 Å². The lowest BCUT2D eigenvalue weighted by Crippen LogP contribution is -2.25. The number of carbonyl (C=O) groups is 1. The highest BCUT2D eigenvalue weighted by Gasteiger charge is 2.35. The minimum absolute atomic E-state index is 0.0430. The van der Waals surface area contributed by atoms with Crippen LogP contribution >= 0.6 is 0 Å². The van der Waals surface area contributed by atoms with Crippen molar-refractivity contribution in [3.63, 3.8) is 0 Å². The molecule has 1 aromatic rings. The molecular formula is C13H17NO2. The summed E-state index contributed by atoms with van der Waals surface area (Å²) in [5.41, 5.74) is 2.72. The van der Waals surface area contributed by atoms with E-state index in [4.69, 9.17) is 4.74 Å². The lowest BCUT2D eigenvalue weighted by molar-refractivity contribution is 0.0961. The summed E-state index contributed by atoms with van der Waals surface area (Å²) < 4.78 is 5.65. The Morgan fingerprint density at radius 3 is 2.75 bits per heavy atom. The van der Waals surface area contributed by atoms with Crippen molar-refractivity contribution in [2.24, 2.45) is 0 Å². The molecule has 1 aromatic carbocycles. The molecule has 0 unspecified atom stereocenters. The van der Waals surface area contributed by atoms with Gasteiger partial charge in [0.05, 0.1) is 6.61 Å². The Hall–Kier alpha value is -1.51. The lowest BCUT2D eigenvalue weighted by Gasteiger charge is -2.18. The Balaban J connectivity index is 2.65. The van der Waals surface area contributed by atoms with Crippen molar-refractivity contribution < 1.29 is 9.53 Å². The molecule has 3 nitrogen and oxygen atoms in total. The minimum atomic E-state index is -0.0924. The van der Waals surface area contributed by atoms with E-state index < -0.39 is 0 Å². The van der Waals surface area contributed by atoms with Crippen molar-refractivity contribution in [3.8, 4) is 5.75 Å². The Kier molecular flexibility index (Phi) is 2.41. The van der Waals surface area contributed by atoms with Crippen LogP contribution in [-0.2, 0) is 5.41 Å². The average molecular weight is 219 g/mol. The molecule has 0 aliphatic carbocycles. The van der Waals surface area contributed by atoms with Gasteiger partial charge in [-0.2, -0.15) is 0 Å². The van der Waals surface area contributed by atoms with Gasteiger partial charge in [0.15, 0.2) is 0 Å². The van der Waals surface area contributed by atoms with Gasteiger partial charge in [0, 0.05) is 23.6 Å². The maximum absolute atomic E-state index is 11.8. The first-order valence-corrected chi connectivity index (χ1v) is 5.46. The van der Waals surface area contributed by atoms with E-state index in [9.17, 15) is 4.79 Å². The fourth-order valence-electron chi connectivity index (χ4n) is 2.21. The smallest absolute Gasteiger partial charge is 0.251 e. The number of rotatable bonds is 1. The molecular weight excluding hydrogens is 202 g/mol. The summed E-state index contributed by atoms with van der Waals surface area (Å²) in [6.07, 6.45) is 0.